The lowest BCUT2D eigenvalue weighted by atomic mass is 10.2. The molecule has 1 aromatic heterocycles. The molecule has 0 spiro atoms. The van der Waals surface area contributed by atoms with Gasteiger partial charge in [-0.2, -0.15) is 9.78 Å². The first-order chi connectivity index (χ1) is 16.2. The van der Waals surface area contributed by atoms with Crippen molar-refractivity contribution in [1.82, 2.24) is 9.66 Å². The number of hydrogen-bond acceptors (Lipinski definition) is 6. The highest BCUT2D eigenvalue weighted by molar-refractivity contribution is 9.10. The topological polar surface area (TPSA) is 82.8 Å². The molecule has 34 heavy (non-hydrogen) atoms. The number of hydrogen-bond donors (Lipinski definition) is 0. The van der Waals surface area contributed by atoms with Gasteiger partial charge in [0.15, 0.2) is 11.9 Å². The third kappa shape index (κ3) is 6.25. The van der Waals surface area contributed by atoms with Gasteiger partial charge >= 0.3 is 5.97 Å². The van der Waals surface area contributed by atoms with E-state index >= 15 is 0 Å². The molecule has 180 valence electrons. The minimum Gasteiger partial charge on any atom is -0.476 e. The van der Waals surface area contributed by atoms with E-state index in [0.717, 1.165) is 17.3 Å². The van der Waals surface area contributed by atoms with Crippen LogP contribution in [0.3, 0.4) is 0 Å². The summed E-state index contributed by atoms with van der Waals surface area (Å²) in [5, 5.41) is 5.20. The molecule has 0 bridgehead atoms. The number of halogens is 3. The molecule has 0 N–H and O–H groups in total. The molecule has 0 aliphatic carbocycles. The predicted molar refractivity (Wildman–Crippen MR) is 141 cm³/mol. The highest BCUT2D eigenvalue weighted by atomic mass is 79.9. The van der Waals surface area contributed by atoms with Gasteiger partial charge in [-0.25, -0.2) is 9.78 Å². The molecule has 2 aromatic carbocycles. The summed E-state index contributed by atoms with van der Waals surface area (Å²) in [6, 6.07) is 8.80. The number of benzene rings is 2. The Morgan fingerprint density at radius 2 is 2.03 bits per heavy atom. The molecule has 10 heteroatoms. The van der Waals surface area contributed by atoms with Crippen LogP contribution in [0.15, 0.2) is 49.2 Å². The van der Waals surface area contributed by atoms with Gasteiger partial charge in [-0.15, -0.1) is 0 Å². The van der Waals surface area contributed by atoms with Crippen LogP contribution in [-0.4, -0.2) is 34.6 Å². The predicted octanol–water partition coefficient (Wildman–Crippen LogP) is 6.13. The van der Waals surface area contributed by atoms with E-state index in [1.807, 2.05) is 12.1 Å². The number of esters is 1. The van der Waals surface area contributed by atoms with E-state index in [-0.39, 0.29) is 17.2 Å². The number of aryl methyl sites for hydroxylation is 1. The van der Waals surface area contributed by atoms with Gasteiger partial charge < -0.3 is 9.47 Å². The van der Waals surface area contributed by atoms with E-state index in [1.165, 1.54) is 10.9 Å². The molecule has 1 atom stereocenters. The van der Waals surface area contributed by atoms with E-state index in [2.05, 4.69) is 48.9 Å². The number of aromatic nitrogens is 2. The Morgan fingerprint density at radius 3 is 2.71 bits per heavy atom. The van der Waals surface area contributed by atoms with Crippen LogP contribution in [0.4, 0.5) is 0 Å². The summed E-state index contributed by atoms with van der Waals surface area (Å²) >= 11 is 13.3. The first-order valence-electron chi connectivity index (χ1n) is 10.8. The monoisotopic (exact) mass is 611 g/mol. The third-order valence-corrected chi connectivity index (χ3v) is 6.25. The first kappa shape index (κ1) is 26.4. The highest BCUT2D eigenvalue weighted by Gasteiger charge is 2.19. The minimum absolute atomic E-state index is 0.248. The lowest BCUT2D eigenvalue weighted by Gasteiger charge is -2.16. The summed E-state index contributed by atoms with van der Waals surface area (Å²) in [6.45, 7) is 5.66. The van der Waals surface area contributed by atoms with Crippen LogP contribution in [0.2, 0.25) is 5.02 Å². The van der Waals surface area contributed by atoms with Crippen LogP contribution in [-0.2, 0) is 16.0 Å². The van der Waals surface area contributed by atoms with Gasteiger partial charge in [0.1, 0.15) is 5.82 Å². The molecule has 0 fully saturated rings. The van der Waals surface area contributed by atoms with Gasteiger partial charge in [-0.3, -0.25) is 4.79 Å². The molecule has 0 aliphatic rings. The number of carbonyl (C=O) groups is 1. The standard InChI is InChI=1S/C24H24Br2ClN3O4/c1-4-6-7-21-29-20-9-8-16(25)12-17(20)23(31)30(21)28-13-15-10-18(26)22(19(27)11-15)34-14(3)24(32)33-5-2/h8-14H,4-7H2,1-3H3/t14-/m0/s1. The first-order valence-corrected chi connectivity index (χ1v) is 12.8. The summed E-state index contributed by atoms with van der Waals surface area (Å²) in [5.41, 5.74) is 1.02. The Balaban J connectivity index is 1.97. The molecule has 7 nitrogen and oxygen atoms in total. The zero-order valence-corrected chi connectivity index (χ0v) is 22.9. The second kappa shape index (κ2) is 12.0. The van der Waals surface area contributed by atoms with Gasteiger partial charge in [-0.1, -0.05) is 40.9 Å². The second-order valence-corrected chi connectivity index (χ2v) is 9.66. The smallest absolute Gasteiger partial charge is 0.347 e. The maximum absolute atomic E-state index is 13.2. The number of fused-ring (bicyclic) bond motifs is 1. The van der Waals surface area contributed by atoms with Crippen LogP contribution in [0.25, 0.3) is 10.9 Å². The van der Waals surface area contributed by atoms with Crippen molar-refractivity contribution in [2.45, 2.75) is 46.1 Å². The van der Waals surface area contributed by atoms with Crippen molar-refractivity contribution in [1.29, 1.82) is 0 Å². The quantitative estimate of drug-likeness (QED) is 0.214. The zero-order chi connectivity index (χ0) is 24.8. The summed E-state index contributed by atoms with van der Waals surface area (Å²) in [6.07, 6.45) is 3.18. The van der Waals surface area contributed by atoms with E-state index < -0.39 is 12.1 Å². The molecule has 3 rings (SSSR count). The van der Waals surface area contributed by atoms with Crippen LogP contribution in [0.5, 0.6) is 5.75 Å². The Labute approximate surface area is 219 Å². The number of carbonyl (C=O) groups excluding carboxylic acids is 1. The van der Waals surface area contributed by atoms with E-state index in [0.29, 0.717) is 38.9 Å². The average Bonchev–Trinajstić information content (AvgIpc) is 2.80. The van der Waals surface area contributed by atoms with E-state index in [9.17, 15) is 9.59 Å². The van der Waals surface area contributed by atoms with Crippen molar-refractivity contribution in [3.63, 3.8) is 0 Å². The molecule has 0 unspecified atom stereocenters. The Kier molecular flexibility index (Phi) is 9.27. The molecule has 0 saturated carbocycles. The lowest BCUT2D eigenvalue weighted by molar-refractivity contribution is -0.150. The van der Waals surface area contributed by atoms with Gasteiger partial charge in [0.2, 0.25) is 0 Å². The second-order valence-electron chi connectivity index (χ2n) is 7.48. The van der Waals surface area contributed by atoms with Gasteiger partial charge in [0.25, 0.3) is 5.56 Å². The summed E-state index contributed by atoms with van der Waals surface area (Å²) in [5.74, 6) is 0.425. The molecular weight excluding hydrogens is 590 g/mol. The van der Waals surface area contributed by atoms with Crippen molar-refractivity contribution in [3.8, 4) is 5.75 Å². The Hall–Kier alpha value is -2.23. The normalized spacial score (nSPS) is 12.3. The summed E-state index contributed by atoms with van der Waals surface area (Å²) in [4.78, 5) is 29.8. The molecule has 0 aliphatic heterocycles. The number of rotatable bonds is 9. The fraction of sp³-hybridized carbons (Fsp3) is 0.333. The highest BCUT2D eigenvalue weighted by Crippen LogP contribution is 2.35. The maximum Gasteiger partial charge on any atom is 0.347 e. The Morgan fingerprint density at radius 1 is 1.26 bits per heavy atom. The number of nitrogens with zero attached hydrogens (tertiary/aromatic N) is 3. The van der Waals surface area contributed by atoms with Crippen molar-refractivity contribution in [2.24, 2.45) is 5.10 Å². The molecule has 0 saturated heterocycles. The fourth-order valence-corrected chi connectivity index (χ4v) is 4.50. The number of unbranched alkanes of at least 4 members (excludes halogenated alkanes) is 1. The zero-order valence-electron chi connectivity index (χ0n) is 19.0. The van der Waals surface area contributed by atoms with Crippen molar-refractivity contribution in [2.75, 3.05) is 6.61 Å². The van der Waals surface area contributed by atoms with E-state index in [1.54, 1.807) is 32.0 Å². The summed E-state index contributed by atoms with van der Waals surface area (Å²) in [7, 11) is 0. The summed E-state index contributed by atoms with van der Waals surface area (Å²) < 4.78 is 13.3. The lowest BCUT2D eigenvalue weighted by Crippen LogP contribution is -2.26. The van der Waals surface area contributed by atoms with Crippen LogP contribution < -0.4 is 10.3 Å². The van der Waals surface area contributed by atoms with Gasteiger partial charge in [0.05, 0.1) is 33.2 Å². The van der Waals surface area contributed by atoms with Gasteiger partial charge in [-0.05, 0) is 72.1 Å². The number of ether oxygens (including phenoxy) is 2. The molecule has 0 amide bonds. The Bertz CT molecular complexity index is 1270. The minimum atomic E-state index is -0.823. The molecule has 0 radical (unpaired) electrons. The van der Waals surface area contributed by atoms with Crippen molar-refractivity contribution >= 4 is 66.5 Å². The molecule has 1 heterocycles. The van der Waals surface area contributed by atoms with Crippen LogP contribution in [0, 0.1) is 0 Å². The third-order valence-electron chi connectivity index (χ3n) is 4.89. The fourth-order valence-electron chi connectivity index (χ4n) is 3.19. The average molecular weight is 614 g/mol. The largest absolute Gasteiger partial charge is 0.476 e. The van der Waals surface area contributed by atoms with Crippen LogP contribution >= 0.6 is 43.5 Å². The van der Waals surface area contributed by atoms with Crippen molar-refractivity contribution < 1.29 is 14.3 Å². The van der Waals surface area contributed by atoms with E-state index in [4.69, 9.17) is 21.1 Å². The SMILES string of the molecule is CCCCc1nc2ccc(Br)cc2c(=O)n1N=Cc1cc(Cl)c(O[C@@H](C)C(=O)OCC)c(Br)c1. The van der Waals surface area contributed by atoms with Crippen molar-refractivity contribution in [3.05, 3.63) is 66.0 Å². The van der Waals surface area contributed by atoms with Gasteiger partial charge in [0, 0.05) is 10.9 Å². The molecule has 3 aromatic rings. The van der Waals surface area contributed by atoms with Crippen LogP contribution in [0.1, 0.15) is 45.0 Å². The molecular formula is C24H24Br2ClN3O4. The maximum atomic E-state index is 13.2.